The Morgan fingerprint density at radius 1 is 0.833 bits per heavy atom. The summed E-state index contributed by atoms with van der Waals surface area (Å²) < 4.78 is 105. The molecule has 5 N–H and O–H groups in total. The van der Waals surface area contributed by atoms with Crippen molar-refractivity contribution in [2.45, 2.75) is 89.1 Å². The zero-order valence-electron chi connectivity index (χ0n) is 32.0. The molecule has 2 bridgehead atoms. The van der Waals surface area contributed by atoms with E-state index in [2.05, 4.69) is 24.9 Å². The van der Waals surface area contributed by atoms with Gasteiger partial charge in [-0.05, 0) is 33.8 Å². The maximum Gasteiger partial charge on any atom is 0.509 e. The quantitative estimate of drug-likeness (QED) is 0.112. The predicted molar refractivity (Wildman–Crippen MR) is 208 cm³/mol. The Bertz CT molecular complexity index is 2290. The first-order valence-electron chi connectivity index (χ1n) is 18.0. The number of carbonyl (C=O) groups is 2. The minimum atomic E-state index is -4.68. The molecule has 3 aliphatic rings. The van der Waals surface area contributed by atoms with Crippen molar-refractivity contribution in [3.8, 4) is 0 Å². The number of carbonyl (C=O) groups excluding carboxylic acids is 2. The van der Waals surface area contributed by atoms with Gasteiger partial charge in [0, 0.05) is 29.0 Å². The Balaban J connectivity index is 1.25. The van der Waals surface area contributed by atoms with Gasteiger partial charge in [0.15, 0.2) is 47.6 Å². The van der Waals surface area contributed by atoms with Gasteiger partial charge in [0.05, 0.1) is 43.8 Å². The van der Waals surface area contributed by atoms with Gasteiger partial charge >= 0.3 is 25.9 Å². The average Bonchev–Trinajstić information content (AvgIpc) is 3.94. The van der Waals surface area contributed by atoms with Crippen LogP contribution in [0, 0.1) is 0 Å². The SMILES string of the molecule is CC(C)OC(=O)OCSP1(=O)OC[C@H]2O[C@@H](n3cnc4c(N)ccnc43)C(F)[C@H]2OP(=O)(SCOC(=O)OC(C)C)OC[C@H]2O[C@@H](n3cnc4c(N)ncnc43)C(O1)[C@H]2O. The normalized spacial score (nSPS) is 31.1. The van der Waals surface area contributed by atoms with Crippen molar-refractivity contribution in [2.75, 3.05) is 36.6 Å². The molecule has 0 aromatic carbocycles. The summed E-state index contributed by atoms with van der Waals surface area (Å²) >= 11 is 0.737. The Labute approximate surface area is 347 Å². The number of halogens is 1. The highest BCUT2D eigenvalue weighted by atomic mass is 32.7. The van der Waals surface area contributed by atoms with Crippen molar-refractivity contribution in [3.05, 3.63) is 31.2 Å². The van der Waals surface area contributed by atoms with E-state index in [1.54, 1.807) is 27.7 Å². The van der Waals surface area contributed by atoms with Gasteiger partial charge in [0.25, 0.3) is 0 Å². The van der Waals surface area contributed by atoms with Gasteiger partial charge in [-0.3, -0.25) is 27.2 Å². The summed E-state index contributed by atoms with van der Waals surface area (Å²) in [6.07, 6.45) is -11.5. The molecule has 328 valence electrons. The van der Waals surface area contributed by atoms with Gasteiger partial charge < -0.3 is 45.0 Å². The van der Waals surface area contributed by atoms with E-state index < -0.39 is 112 Å². The zero-order valence-corrected chi connectivity index (χ0v) is 35.4. The van der Waals surface area contributed by atoms with E-state index in [1.165, 1.54) is 34.1 Å². The van der Waals surface area contributed by atoms with E-state index in [1.807, 2.05) is 0 Å². The van der Waals surface area contributed by atoms with Crippen LogP contribution in [0.5, 0.6) is 0 Å². The Kier molecular flexibility index (Phi) is 13.4. The molecular weight excluding hydrogens is 883 g/mol. The lowest BCUT2D eigenvalue weighted by Crippen LogP contribution is -2.35. The van der Waals surface area contributed by atoms with Crippen LogP contribution in [0.15, 0.2) is 31.2 Å². The van der Waals surface area contributed by atoms with Gasteiger partial charge in [-0.1, -0.05) is 0 Å². The Morgan fingerprint density at radius 3 is 2.02 bits per heavy atom. The molecule has 4 aromatic heterocycles. The van der Waals surface area contributed by atoms with Gasteiger partial charge in [0.1, 0.15) is 47.9 Å². The fourth-order valence-electron chi connectivity index (χ4n) is 6.12. The van der Waals surface area contributed by atoms with E-state index in [0.717, 1.165) is 6.33 Å². The number of rotatable bonds is 10. The number of aliphatic hydroxyl groups is 1. The zero-order chi connectivity index (χ0) is 42.9. The molecule has 24 nitrogen and oxygen atoms in total. The second-order valence-corrected chi connectivity index (χ2v) is 21.6. The van der Waals surface area contributed by atoms with Crippen LogP contribution in [0.2, 0.25) is 0 Å². The van der Waals surface area contributed by atoms with E-state index >= 15 is 4.39 Å². The third kappa shape index (κ3) is 9.60. The van der Waals surface area contributed by atoms with Crippen molar-refractivity contribution in [1.29, 1.82) is 0 Å². The molecule has 4 unspecified atom stereocenters. The molecular formula is C31H40FN9O15P2S2. The van der Waals surface area contributed by atoms with Crippen LogP contribution in [0.4, 0.5) is 25.5 Å². The predicted octanol–water partition coefficient (Wildman–Crippen LogP) is 4.47. The highest BCUT2D eigenvalue weighted by molar-refractivity contribution is 8.55. The number of imidazole rings is 2. The van der Waals surface area contributed by atoms with Gasteiger partial charge in [0.2, 0.25) is 0 Å². The monoisotopic (exact) mass is 923 g/mol. The lowest BCUT2D eigenvalue weighted by molar-refractivity contribution is -0.0569. The van der Waals surface area contributed by atoms with Crippen molar-refractivity contribution in [2.24, 2.45) is 0 Å². The first-order chi connectivity index (χ1) is 28.5. The van der Waals surface area contributed by atoms with Crippen LogP contribution in [0.3, 0.4) is 0 Å². The van der Waals surface area contributed by atoms with Gasteiger partial charge in [-0.2, -0.15) is 0 Å². The number of pyridine rings is 1. The van der Waals surface area contributed by atoms with Crippen molar-refractivity contribution < 1.29 is 74.7 Å². The number of hydrogen-bond acceptors (Lipinski definition) is 24. The molecule has 0 radical (unpaired) electrons. The second-order valence-electron chi connectivity index (χ2n) is 13.6. The number of aromatic nitrogens is 7. The molecule has 29 heteroatoms. The number of alkyl halides is 1. The number of hydrogen-bond donors (Lipinski definition) is 3. The number of nitrogens with two attached hydrogens (primary N) is 2. The summed E-state index contributed by atoms with van der Waals surface area (Å²) in [4.78, 5) is 45.3. The molecule has 0 amide bonds. The minimum absolute atomic E-state index is 0.0138. The highest BCUT2D eigenvalue weighted by Gasteiger charge is 2.55. The number of fused-ring (bicyclic) bond motifs is 5. The van der Waals surface area contributed by atoms with E-state index in [4.69, 9.17) is 58.0 Å². The van der Waals surface area contributed by atoms with Gasteiger partial charge in [-0.25, -0.2) is 48.0 Å². The van der Waals surface area contributed by atoms with E-state index in [0.29, 0.717) is 22.8 Å². The third-order valence-electron chi connectivity index (χ3n) is 8.74. The molecule has 0 spiro atoms. The minimum Gasteiger partial charge on any atom is -0.432 e. The van der Waals surface area contributed by atoms with E-state index in [-0.39, 0.29) is 33.8 Å². The molecule has 4 aromatic rings. The third-order valence-corrected chi connectivity index (χ3v) is 15.4. The fraction of sp³-hybridized carbons (Fsp3) is 0.581. The maximum absolute atomic E-state index is 16.9. The van der Waals surface area contributed by atoms with Gasteiger partial charge in [-0.15, -0.1) is 0 Å². The van der Waals surface area contributed by atoms with Crippen LogP contribution in [0.25, 0.3) is 22.3 Å². The van der Waals surface area contributed by atoms with Crippen LogP contribution in [0.1, 0.15) is 40.2 Å². The number of nitrogen functional groups attached to an aromatic ring is 2. The number of ether oxygens (including phenoxy) is 6. The lowest BCUT2D eigenvalue weighted by atomic mass is 10.1. The van der Waals surface area contributed by atoms with Crippen LogP contribution >= 0.6 is 36.4 Å². The summed E-state index contributed by atoms with van der Waals surface area (Å²) in [6.45, 7) is -4.51. The maximum atomic E-state index is 16.9. The van der Waals surface area contributed by atoms with Crippen molar-refractivity contribution in [1.82, 2.24) is 34.1 Å². The molecule has 0 aliphatic carbocycles. The molecule has 60 heavy (non-hydrogen) atoms. The summed E-state index contributed by atoms with van der Waals surface area (Å²) in [5.41, 5.74) is 13.0. The Morgan fingerprint density at radius 2 is 1.38 bits per heavy atom. The smallest absolute Gasteiger partial charge is 0.432 e. The molecule has 3 aliphatic heterocycles. The Hall–Kier alpha value is -3.88. The molecule has 3 saturated heterocycles. The largest absolute Gasteiger partial charge is 0.509 e. The number of nitrogens with zero attached hydrogens (tertiary/aromatic N) is 7. The lowest BCUT2D eigenvalue weighted by Gasteiger charge is -2.28. The first-order valence-corrected chi connectivity index (χ1v) is 24.3. The molecule has 3 fully saturated rings. The fourth-order valence-corrected chi connectivity index (χ4v) is 11.7. The number of anilines is 2. The van der Waals surface area contributed by atoms with Crippen molar-refractivity contribution in [3.63, 3.8) is 0 Å². The van der Waals surface area contributed by atoms with E-state index in [9.17, 15) is 23.8 Å². The highest BCUT2D eigenvalue weighted by Crippen LogP contribution is 2.66. The second kappa shape index (κ2) is 18.2. The summed E-state index contributed by atoms with van der Waals surface area (Å²) in [5, 5.41) is 11.7. The molecule has 0 saturated carbocycles. The summed E-state index contributed by atoms with van der Waals surface area (Å²) in [7, 11) is 0. The number of aliphatic hydroxyl groups excluding tert-OH is 1. The summed E-state index contributed by atoms with van der Waals surface area (Å²) in [5.74, 6) is -1.30. The van der Waals surface area contributed by atoms with Crippen LogP contribution in [-0.2, 0) is 55.6 Å². The average molecular weight is 924 g/mol. The molecule has 7 rings (SSSR count). The molecule has 7 heterocycles. The van der Waals surface area contributed by atoms with Crippen LogP contribution < -0.4 is 11.5 Å². The van der Waals surface area contributed by atoms with Crippen molar-refractivity contribution >= 4 is 82.5 Å². The molecule has 10 atom stereocenters. The topological polar surface area (TPSA) is 307 Å². The van der Waals surface area contributed by atoms with Crippen LogP contribution in [-0.4, -0.2) is 125 Å². The first kappa shape index (κ1) is 44.2. The standard InChI is InChI=1S/C31H40FN9O15P2S2/c1-14(2)51-30(43)47-12-59-57(45)49-7-17-22(42)24(29(53-17)41-11-39-21-25(34)36-9-37-27(21)41)56-58(46,60-13-48-31(44)52-15(3)4)50-8-18-23(55-57)19(32)28(54-18)40-10-38-20-16(33)5-6-35-26(20)40/h5-6,9-11,14-15,17-19,22-24,28-29,42H,7-8,12-13H2,1-4H3,(H2,33,35)(H2,34,36,37)/t17-,18-,19?,22+,23+,24?,28-,29-,57?,58?/m1/s1. The summed E-state index contributed by atoms with van der Waals surface area (Å²) in [6, 6.07) is 1.50.